The van der Waals surface area contributed by atoms with Crippen molar-refractivity contribution in [2.75, 3.05) is 20.1 Å². The van der Waals surface area contributed by atoms with E-state index in [1.54, 1.807) is 6.92 Å². The quantitative estimate of drug-likeness (QED) is 0.704. The molecule has 3 nitrogen and oxygen atoms in total. The highest BCUT2D eigenvalue weighted by atomic mass is 16.1. The van der Waals surface area contributed by atoms with E-state index in [1.807, 2.05) is 27.7 Å². The van der Waals surface area contributed by atoms with Crippen LogP contribution in [-0.4, -0.2) is 37.0 Å². The minimum absolute atomic E-state index is 0.0836. The van der Waals surface area contributed by atoms with Crippen LogP contribution in [-0.2, 0) is 4.79 Å². The van der Waals surface area contributed by atoms with E-state index in [1.165, 1.54) is 0 Å². The Labute approximate surface area is 88.9 Å². The predicted molar refractivity (Wildman–Crippen MR) is 62.4 cm³/mol. The van der Waals surface area contributed by atoms with Crippen LogP contribution in [0, 0.1) is 0 Å². The summed E-state index contributed by atoms with van der Waals surface area (Å²) in [5.41, 5.74) is 0. The van der Waals surface area contributed by atoms with E-state index < -0.39 is 0 Å². The molecule has 0 aromatic heterocycles. The van der Waals surface area contributed by atoms with Gasteiger partial charge >= 0.3 is 0 Å². The standard InChI is InChI=1S/C7H14N2O.2C2H6/c1-6(10)8-7-3-4-9(2)5-7;2*1-2/h7H,3-5H2,1-2H3,(H,8,10);2*1-2H3. The molecule has 1 rings (SSSR count). The highest BCUT2D eigenvalue weighted by Gasteiger charge is 2.19. The number of hydrogen-bond acceptors (Lipinski definition) is 2. The zero-order valence-corrected chi connectivity index (χ0v) is 10.6. The number of rotatable bonds is 1. The zero-order chi connectivity index (χ0) is 11.6. The Morgan fingerprint density at radius 3 is 2.07 bits per heavy atom. The van der Waals surface area contributed by atoms with Crippen molar-refractivity contribution in [3.8, 4) is 0 Å². The van der Waals surface area contributed by atoms with Crippen LogP contribution in [0.2, 0.25) is 0 Å². The van der Waals surface area contributed by atoms with Crippen LogP contribution >= 0.6 is 0 Å². The molecule has 1 N–H and O–H groups in total. The SMILES string of the molecule is CC.CC.CC(=O)NC1CCN(C)C1. The lowest BCUT2D eigenvalue weighted by atomic mass is 10.3. The molecule has 0 saturated carbocycles. The maximum atomic E-state index is 10.6. The van der Waals surface area contributed by atoms with Crippen molar-refractivity contribution in [1.29, 1.82) is 0 Å². The highest BCUT2D eigenvalue weighted by molar-refractivity contribution is 5.73. The molecule has 0 bridgehead atoms. The third-order valence-corrected chi connectivity index (χ3v) is 1.80. The lowest BCUT2D eigenvalue weighted by Gasteiger charge is -2.10. The first-order valence-electron chi connectivity index (χ1n) is 5.64. The van der Waals surface area contributed by atoms with Gasteiger partial charge in [0.1, 0.15) is 0 Å². The van der Waals surface area contributed by atoms with Gasteiger partial charge in [-0.25, -0.2) is 0 Å². The molecule has 0 radical (unpaired) electrons. The normalized spacial score (nSPS) is 20.0. The lowest BCUT2D eigenvalue weighted by molar-refractivity contribution is -0.119. The van der Waals surface area contributed by atoms with Gasteiger partial charge in [-0.2, -0.15) is 0 Å². The van der Waals surface area contributed by atoms with Crippen LogP contribution in [0.15, 0.2) is 0 Å². The molecule has 3 heteroatoms. The summed E-state index contributed by atoms with van der Waals surface area (Å²) < 4.78 is 0. The molecular weight excluding hydrogens is 176 g/mol. The van der Waals surface area contributed by atoms with Crippen LogP contribution in [0.3, 0.4) is 0 Å². The molecule has 0 aromatic carbocycles. The maximum Gasteiger partial charge on any atom is 0.217 e. The fraction of sp³-hybridized carbons (Fsp3) is 0.909. The number of carbonyl (C=O) groups is 1. The summed E-state index contributed by atoms with van der Waals surface area (Å²) in [6.45, 7) is 11.7. The third kappa shape index (κ3) is 8.05. The smallest absolute Gasteiger partial charge is 0.217 e. The van der Waals surface area contributed by atoms with Crippen molar-refractivity contribution in [2.24, 2.45) is 0 Å². The first-order valence-corrected chi connectivity index (χ1v) is 5.64. The lowest BCUT2D eigenvalue weighted by Crippen LogP contribution is -2.34. The van der Waals surface area contributed by atoms with E-state index in [9.17, 15) is 4.79 Å². The minimum atomic E-state index is 0.0836. The molecule has 86 valence electrons. The Balaban J connectivity index is 0. The Morgan fingerprint density at radius 1 is 1.29 bits per heavy atom. The molecule has 1 fully saturated rings. The Hall–Kier alpha value is -0.570. The average molecular weight is 202 g/mol. The van der Waals surface area contributed by atoms with E-state index in [-0.39, 0.29) is 5.91 Å². The van der Waals surface area contributed by atoms with E-state index in [0.29, 0.717) is 6.04 Å². The van der Waals surface area contributed by atoms with Gasteiger partial charge in [-0.15, -0.1) is 0 Å². The van der Waals surface area contributed by atoms with Crippen LogP contribution < -0.4 is 5.32 Å². The van der Waals surface area contributed by atoms with E-state index in [4.69, 9.17) is 0 Å². The van der Waals surface area contributed by atoms with Gasteiger partial charge in [0.15, 0.2) is 0 Å². The van der Waals surface area contributed by atoms with Gasteiger partial charge in [0.25, 0.3) is 0 Å². The third-order valence-electron chi connectivity index (χ3n) is 1.80. The topological polar surface area (TPSA) is 32.3 Å². The zero-order valence-electron chi connectivity index (χ0n) is 10.6. The second kappa shape index (κ2) is 10.5. The van der Waals surface area contributed by atoms with Crippen molar-refractivity contribution < 1.29 is 4.79 Å². The van der Waals surface area contributed by atoms with Gasteiger partial charge in [-0.05, 0) is 20.0 Å². The first-order chi connectivity index (χ1) is 6.68. The number of likely N-dealkylation sites (tertiary alicyclic amines) is 1. The average Bonchev–Trinajstić information content (AvgIpc) is 2.57. The van der Waals surface area contributed by atoms with Gasteiger partial charge < -0.3 is 10.2 Å². The van der Waals surface area contributed by atoms with Gasteiger partial charge in [0, 0.05) is 19.5 Å². The van der Waals surface area contributed by atoms with E-state index in [0.717, 1.165) is 19.5 Å². The maximum absolute atomic E-state index is 10.6. The summed E-state index contributed by atoms with van der Waals surface area (Å²) in [5.74, 6) is 0.0836. The predicted octanol–water partition coefficient (Wildman–Crippen LogP) is 1.88. The molecule has 1 aliphatic heterocycles. The summed E-state index contributed by atoms with van der Waals surface area (Å²) in [5, 5.41) is 2.89. The van der Waals surface area contributed by atoms with Crippen LogP contribution in [0.25, 0.3) is 0 Å². The van der Waals surface area contributed by atoms with Gasteiger partial charge in [-0.1, -0.05) is 27.7 Å². The van der Waals surface area contributed by atoms with Crippen molar-refractivity contribution in [1.82, 2.24) is 10.2 Å². The van der Waals surface area contributed by atoms with Crippen LogP contribution in [0.1, 0.15) is 41.0 Å². The van der Waals surface area contributed by atoms with Crippen molar-refractivity contribution in [3.05, 3.63) is 0 Å². The highest BCUT2D eigenvalue weighted by Crippen LogP contribution is 2.05. The monoisotopic (exact) mass is 202 g/mol. The molecule has 14 heavy (non-hydrogen) atoms. The van der Waals surface area contributed by atoms with E-state index in [2.05, 4.69) is 17.3 Å². The van der Waals surface area contributed by atoms with Gasteiger partial charge in [0.2, 0.25) is 5.91 Å². The van der Waals surface area contributed by atoms with Crippen LogP contribution in [0.4, 0.5) is 0 Å². The molecule has 1 unspecified atom stereocenters. The Bertz CT molecular complexity index is 137. The molecule has 0 aromatic rings. The fourth-order valence-corrected chi connectivity index (χ4v) is 1.34. The minimum Gasteiger partial charge on any atom is -0.352 e. The molecule has 1 heterocycles. The number of nitrogens with zero attached hydrogens (tertiary/aromatic N) is 1. The molecule has 0 aliphatic carbocycles. The van der Waals surface area contributed by atoms with Crippen LogP contribution in [0.5, 0.6) is 0 Å². The summed E-state index contributed by atoms with van der Waals surface area (Å²) in [7, 11) is 2.07. The molecular formula is C11H26N2O. The molecule has 1 amide bonds. The number of amides is 1. The molecule has 0 spiro atoms. The Kier molecular flexibility index (Phi) is 11.9. The second-order valence-electron chi connectivity index (χ2n) is 2.95. The number of hydrogen-bond donors (Lipinski definition) is 1. The number of carbonyl (C=O) groups excluding carboxylic acids is 1. The van der Waals surface area contributed by atoms with Gasteiger partial charge in [0.05, 0.1) is 0 Å². The summed E-state index contributed by atoms with van der Waals surface area (Å²) in [6.07, 6.45) is 1.09. The van der Waals surface area contributed by atoms with Gasteiger partial charge in [-0.3, -0.25) is 4.79 Å². The fourth-order valence-electron chi connectivity index (χ4n) is 1.34. The second-order valence-corrected chi connectivity index (χ2v) is 2.95. The Morgan fingerprint density at radius 2 is 1.79 bits per heavy atom. The van der Waals surface area contributed by atoms with E-state index >= 15 is 0 Å². The van der Waals surface area contributed by atoms with Crippen molar-refractivity contribution >= 4 is 5.91 Å². The number of likely N-dealkylation sites (N-methyl/N-ethyl adjacent to an activating group) is 1. The van der Waals surface area contributed by atoms with Crippen molar-refractivity contribution in [2.45, 2.75) is 47.1 Å². The number of nitrogens with one attached hydrogen (secondary N) is 1. The largest absolute Gasteiger partial charge is 0.352 e. The molecule has 1 atom stereocenters. The molecule has 1 aliphatic rings. The summed E-state index contributed by atoms with van der Waals surface area (Å²) in [6, 6.07) is 0.391. The summed E-state index contributed by atoms with van der Waals surface area (Å²) in [4.78, 5) is 12.8. The summed E-state index contributed by atoms with van der Waals surface area (Å²) >= 11 is 0. The molecule has 1 saturated heterocycles. The first kappa shape index (κ1) is 15.9. The van der Waals surface area contributed by atoms with Crippen molar-refractivity contribution in [3.63, 3.8) is 0 Å².